The van der Waals surface area contributed by atoms with E-state index in [4.69, 9.17) is 0 Å². The van der Waals surface area contributed by atoms with Crippen LogP contribution in [0.1, 0.15) is 32.6 Å². The maximum absolute atomic E-state index is 12.6. The fourth-order valence-electron chi connectivity index (χ4n) is 4.07. The van der Waals surface area contributed by atoms with Crippen LogP contribution in [-0.2, 0) is 4.79 Å². The topological polar surface area (TPSA) is 81.1 Å². The Labute approximate surface area is 118 Å². The molecule has 0 spiro atoms. The van der Waals surface area contributed by atoms with Crippen molar-refractivity contribution < 1.29 is 19.8 Å². The van der Waals surface area contributed by atoms with Crippen LogP contribution in [0.15, 0.2) is 0 Å². The van der Waals surface area contributed by atoms with Gasteiger partial charge >= 0.3 is 12.0 Å². The minimum atomic E-state index is -0.779. The smallest absolute Gasteiger partial charge is 0.320 e. The molecule has 6 nitrogen and oxygen atoms in total. The van der Waals surface area contributed by atoms with E-state index in [-0.39, 0.29) is 24.0 Å². The van der Waals surface area contributed by atoms with Crippen LogP contribution in [0.4, 0.5) is 4.79 Å². The van der Waals surface area contributed by atoms with Crippen LogP contribution in [0.2, 0.25) is 0 Å². The minimum absolute atomic E-state index is 0.0237. The summed E-state index contributed by atoms with van der Waals surface area (Å²) in [6, 6.07) is -0.0563. The summed E-state index contributed by atoms with van der Waals surface area (Å²) in [4.78, 5) is 27.5. The number of carbonyl (C=O) groups excluding carboxylic acids is 1. The number of carboxylic acids is 1. The summed E-state index contributed by atoms with van der Waals surface area (Å²) in [5.41, 5.74) is 0. The van der Waals surface area contributed by atoms with Gasteiger partial charge in [-0.15, -0.1) is 0 Å². The van der Waals surface area contributed by atoms with Crippen LogP contribution in [0.3, 0.4) is 0 Å². The zero-order chi connectivity index (χ0) is 14.4. The third-order valence-electron chi connectivity index (χ3n) is 5.25. The number of likely N-dealkylation sites (tertiary alicyclic amines) is 1. The van der Waals surface area contributed by atoms with Gasteiger partial charge in [-0.1, -0.05) is 0 Å². The molecule has 0 radical (unpaired) electrons. The molecule has 3 aliphatic rings. The van der Waals surface area contributed by atoms with Crippen molar-refractivity contribution in [2.24, 2.45) is 11.8 Å². The van der Waals surface area contributed by atoms with Crippen LogP contribution < -0.4 is 0 Å². The van der Waals surface area contributed by atoms with Gasteiger partial charge in [0.1, 0.15) is 0 Å². The first-order chi connectivity index (χ1) is 9.49. The van der Waals surface area contributed by atoms with Crippen molar-refractivity contribution in [3.05, 3.63) is 0 Å². The Balaban J connectivity index is 1.68. The normalized spacial score (nSPS) is 37.5. The average molecular weight is 282 g/mol. The van der Waals surface area contributed by atoms with Gasteiger partial charge in [-0.25, -0.2) is 4.79 Å². The molecule has 0 aromatic heterocycles. The molecule has 2 N–H and O–H groups in total. The second kappa shape index (κ2) is 4.91. The van der Waals surface area contributed by atoms with Crippen LogP contribution in [-0.4, -0.2) is 63.3 Å². The number of nitrogens with zero attached hydrogens (tertiary/aromatic N) is 2. The molecule has 5 unspecified atom stereocenters. The highest BCUT2D eigenvalue weighted by Crippen LogP contribution is 2.42. The number of hydrogen-bond donors (Lipinski definition) is 2. The first-order valence-corrected chi connectivity index (χ1v) is 7.47. The van der Waals surface area contributed by atoms with Crippen molar-refractivity contribution in [2.75, 3.05) is 13.1 Å². The van der Waals surface area contributed by atoms with Gasteiger partial charge in [-0.3, -0.25) is 4.79 Å². The van der Waals surface area contributed by atoms with Crippen molar-refractivity contribution in [2.45, 2.75) is 50.8 Å². The number of rotatable bonds is 2. The molecule has 3 saturated heterocycles. The Hall–Kier alpha value is -1.30. The molecule has 3 heterocycles. The molecule has 6 heteroatoms. The molecule has 3 fully saturated rings. The lowest BCUT2D eigenvalue weighted by atomic mass is 9.89. The van der Waals surface area contributed by atoms with E-state index >= 15 is 0 Å². The largest absolute Gasteiger partial charge is 0.481 e. The highest BCUT2D eigenvalue weighted by Gasteiger charge is 2.52. The Kier molecular flexibility index (Phi) is 3.36. The van der Waals surface area contributed by atoms with E-state index in [1.165, 1.54) is 0 Å². The molecule has 0 aromatic rings. The third kappa shape index (κ3) is 2.06. The fourth-order valence-corrected chi connectivity index (χ4v) is 4.07. The van der Waals surface area contributed by atoms with E-state index in [2.05, 4.69) is 0 Å². The number of fused-ring (bicyclic) bond motifs is 2. The van der Waals surface area contributed by atoms with Crippen LogP contribution in [0.5, 0.6) is 0 Å². The number of aliphatic hydroxyl groups is 1. The Morgan fingerprint density at radius 2 is 2.00 bits per heavy atom. The second-order valence-electron chi connectivity index (χ2n) is 6.40. The summed E-state index contributed by atoms with van der Waals surface area (Å²) in [7, 11) is 0. The number of urea groups is 1. The fraction of sp³-hybridized carbons (Fsp3) is 0.857. The SMILES string of the molecule is CC(O)C1CCN(C(=O)N2C3CCC2C(C(=O)O)C3)C1. The molecular formula is C14H22N2O4. The lowest BCUT2D eigenvalue weighted by Gasteiger charge is -2.29. The number of aliphatic hydroxyl groups excluding tert-OH is 1. The quantitative estimate of drug-likeness (QED) is 0.783. The molecule has 20 heavy (non-hydrogen) atoms. The maximum Gasteiger partial charge on any atom is 0.320 e. The molecule has 0 aliphatic carbocycles. The van der Waals surface area contributed by atoms with Crippen LogP contribution in [0, 0.1) is 11.8 Å². The lowest BCUT2D eigenvalue weighted by Crippen LogP contribution is -2.46. The van der Waals surface area contributed by atoms with E-state index in [0.29, 0.717) is 19.5 Å². The predicted octanol–water partition coefficient (Wildman–Crippen LogP) is 0.747. The van der Waals surface area contributed by atoms with Gasteiger partial charge in [0.25, 0.3) is 0 Å². The lowest BCUT2D eigenvalue weighted by molar-refractivity contribution is -0.142. The molecule has 0 aromatic carbocycles. The molecule has 112 valence electrons. The summed E-state index contributed by atoms with van der Waals surface area (Å²) in [6.07, 6.45) is 2.76. The molecule has 0 saturated carbocycles. The molecule has 3 aliphatic heterocycles. The number of carbonyl (C=O) groups is 2. The molecule has 5 atom stereocenters. The standard InChI is InChI=1S/C14H22N2O4/c1-8(17)9-4-5-15(7-9)14(20)16-10-2-3-12(16)11(6-10)13(18)19/h8-12,17H,2-7H2,1H3,(H,18,19). The molecule has 2 bridgehead atoms. The highest BCUT2D eigenvalue weighted by atomic mass is 16.4. The zero-order valence-electron chi connectivity index (χ0n) is 11.7. The summed E-state index contributed by atoms with van der Waals surface area (Å²) in [5.74, 6) is -1.03. The van der Waals surface area contributed by atoms with E-state index < -0.39 is 18.0 Å². The number of amides is 2. The number of carboxylic acid groups (broad SMARTS) is 1. The minimum Gasteiger partial charge on any atom is -0.481 e. The van der Waals surface area contributed by atoms with Gasteiger partial charge in [0.05, 0.1) is 12.0 Å². The van der Waals surface area contributed by atoms with Gasteiger partial charge in [-0.2, -0.15) is 0 Å². The third-order valence-corrected chi connectivity index (χ3v) is 5.25. The van der Waals surface area contributed by atoms with Gasteiger partial charge in [0.2, 0.25) is 0 Å². The monoisotopic (exact) mass is 282 g/mol. The first-order valence-electron chi connectivity index (χ1n) is 7.47. The molecular weight excluding hydrogens is 260 g/mol. The zero-order valence-corrected chi connectivity index (χ0v) is 11.7. The first kappa shape index (κ1) is 13.7. The van der Waals surface area contributed by atoms with Crippen LogP contribution in [0.25, 0.3) is 0 Å². The Bertz CT molecular complexity index is 425. The Morgan fingerprint density at radius 3 is 2.55 bits per heavy atom. The maximum atomic E-state index is 12.6. The van der Waals surface area contributed by atoms with Crippen LogP contribution >= 0.6 is 0 Å². The van der Waals surface area contributed by atoms with E-state index in [0.717, 1.165) is 19.3 Å². The number of aliphatic carboxylic acids is 1. The van der Waals surface area contributed by atoms with Gasteiger partial charge in [-0.05, 0) is 32.6 Å². The Morgan fingerprint density at radius 1 is 1.25 bits per heavy atom. The average Bonchev–Trinajstić information content (AvgIpc) is 3.11. The van der Waals surface area contributed by atoms with E-state index in [9.17, 15) is 19.8 Å². The summed E-state index contributed by atoms with van der Waals surface area (Å²) in [5, 5.41) is 18.8. The summed E-state index contributed by atoms with van der Waals surface area (Å²) in [6.45, 7) is 3.02. The highest BCUT2D eigenvalue weighted by molar-refractivity contribution is 5.79. The van der Waals surface area contributed by atoms with Crippen molar-refractivity contribution in [1.29, 1.82) is 0 Å². The van der Waals surface area contributed by atoms with Crippen molar-refractivity contribution in [1.82, 2.24) is 9.80 Å². The predicted molar refractivity (Wildman–Crippen MR) is 71.1 cm³/mol. The van der Waals surface area contributed by atoms with Crippen molar-refractivity contribution in [3.8, 4) is 0 Å². The number of hydrogen-bond acceptors (Lipinski definition) is 3. The van der Waals surface area contributed by atoms with Gasteiger partial charge in [0.15, 0.2) is 0 Å². The summed E-state index contributed by atoms with van der Waals surface area (Å²) < 4.78 is 0. The van der Waals surface area contributed by atoms with E-state index in [1.54, 1.807) is 11.8 Å². The van der Waals surface area contributed by atoms with Gasteiger partial charge < -0.3 is 20.0 Å². The van der Waals surface area contributed by atoms with Crippen molar-refractivity contribution >= 4 is 12.0 Å². The summed E-state index contributed by atoms with van der Waals surface area (Å²) >= 11 is 0. The van der Waals surface area contributed by atoms with E-state index in [1.807, 2.05) is 4.90 Å². The van der Waals surface area contributed by atoms with Gasteiger partial charge in [0, 0.05) is 31.1 Å². The van der Waals surface area contributed by atoms with Crippen molar-refractivity contribution in [3.63, 3.8) is 0 Å². The molecule has 2 amide bonds. The molecule has 3 rings (SSSR count). The second-order valence-corrected chi connectivity index (χ2v) is 6.40.